The summed E-state index contributed by atoms with van der Waals surface area (Å²) in [7, 11) is 0. The van der Waals surface area contributed by atoms with Gasteiger partial charge in [0, 0.05) is 24.3 Å². The molecule has 7 heteroatoms. The quantitative estimate of drug-likeness (QED) is 0.855. The van der Waals surface area contributed by atoms with Crippen LogP contribution in [0.2, 0.25) is 0 Å². The maximum atomic E-state index is 14.8. The summed E-state index contributed by atoms with van der Waals surface area (Å²) >= 11 is 0. The van der Waals surface area contributed by atoms with Gasteiger partial charge in [-0.2, -0.15) is 0 Å². The van der Waals surface area contributed by atoms with Crippen molar-refractivity contribution in [1.29, 1.82) is 0 Å². The smallest absolute Gasteiger partial charge is 0.187 e. The minimum Gasteiger partial charge on any atom is -0.352 e. The Hall–Kier alpha value is -2.31. The lowest BCUT2D eigenvalue weighted by Crippen LogP contribution is -2.69. The highest BCUT2D eigenvalue weighted by atomic mass is 19.1. The van der Waals surface area contributed by atoms with Crippen LogP contribution in [0.25, 0.3) is 0 Å². The van der Waals surface area contributed by atoms with E-state index >= 15 is 0 Å². The molecule has 3 aliphatic rings. The average Bonchev–Trinajstić information content (AvgIpc) is 2.59. The van der Waals surface area contributed by atoms with Gasteiger partial charge in [-0.3, -0.25) is 0 Å². The van der Waals surface area contributed by atoms with E-state index < -0.39 is 0 Å². The Labute approximate surface area is 147 Å². The summed E-state index contributed by atoms with van der Waals surface area (Å²) < 4.78 is 14.8. The van der Waals surface area contributed by atoms with Crippen molar-refractivity contribution in [3.63, 3.8) is 0 Å². The molecule has 0 spiro atoms. The molecule has 3 fully saturated rings. The minimum absolute atomic E-state index is 0.0472. The first kappa shape index (κ1) is 16.2. The van der Waals surface area contributed by atoms with Gasteiger partial charge < -0.3 is 9.80 Å². The maximum absolute atomic E-state index is 14.8. The summed E-state index contributed by atoms with van der Waals surface area (Å²) in [4.78, 5) is 21.5. The van der Waals surface area contributed by atoms with Crippen LogP contribution in [0.4, 0.5) is 16.0 Å². The molecule has 2 unspecified atom stereocenters. The third kappa shape index (κ3) is 2.53. The van der Waals surface area contributed by atoms with E-state index in [0.29, 0.717) is 11.5 Å². The molecular weight excluding hydrogens is 319 g/mol. The first-order valence-electron chi connectivity index (χ1n) is 8.79. The number of aromatic nitrogens is 4. The van der Waals surface area contributed by atoms with Crippen molar-refractivity contribution >= 4 is 11.6 Å². The fourth-order valence-electron chi connectivity index (χ4n) is 3.93. The summed E-state index contributed by atoms with van der Waals surface area (Å²) in [6.07, 6.45) is 4.17. The molecule has 132 valence electrons. The van der Waals surface area contributed by atoms with Gasteiger partial charge in [0.25, 0.3) is 0 Å². The summed E-state index contributed by atoms with van der Waals surface area (Å²) in [6.45, 7) is 9.62. The number of piperidine rings is 1. The van der Waals surface area contributed by atoms with E-state index in [2.05, 4.69) is 36.7 Å². The van der Waals surface area contributed by atoms with Gasteiger partial charge in [0.05, 0.1) is 17.8 Å². The molecule has 25 heavy (non-hydrogen) atoms. The molecule has 2 aromatic rings. The summed E-state index contributed by atoms with van der Waals surface area (Å²) in [5, 5.41) is 0. The number of aryl methyl sites for hydroxylation is 1. The molecule has 0 amide bonds. The summed E-state index contributed by atoms with van der Waals surface area (Å²) in [6, 6.07) is 0.524. The molecule has 2 atom stereocenters. The van der Waals surface area contributed by atoms with Crippen LogP contribution in [0.1, 0.15) is 43.1 Å². The zero-order valence-electron chi connectivity index (χ0n) is 15.1. The molecule has 0 saturated carbocycles. The Bertz CT molecular complexity index is 796. The minimum atomic E-state index is -0.269. The predicted octanol–water partition coefficient (Wildman–Crippen LogP) is 2.61. The molecule has 0 N–H and O–H groups in total. The van der Waals surface area contributed by atoms with Crippen molar-refractivity contribution in [3.8, 4) is 0 Å². The maximum Gasteiger partial charge on any atom is 0.187 e. The molecule has 5 rings (SSSR count). The molecule has 3 aliphatic heterocycles. The monoisotopic (exact) mass is 342 g/mol. The van der Waals surface area contributed by atoms with Crippen LogP contribution in [0.3, 0.4) is 0 Å². The molecule has 0 aromatic carbocycles. The van der Waals surface area contributed by atoms with E-state index in [1.54, 1.807) is 6.33 Å². The van der Waals surface area contributed by atoms with E-state index in [1.165, 1.54) is 6.33 Å². The molecule has 5 heterocycles. The van der Waals surface area contributed by atoms with E-state index in [-0.39, 0.29) is 23.8 Å². The Balaban J connectivity index is 1.59. The Morgan fingerprint density at radius 3 is 2.32 bits per heavy atom. The lowest BCUT2D eigenvalue weighted by molar-refractivity contribution is 0.283. The van der Waals surface area contributed by atoms with Gasteiger partial charge in [-0.15, -0.1) is 0 Å². The zero-order valence-corrected chi connectivity index (χ0v) is 15.1. The molecule has 2 aromatic heterocycles. The van der Waals surface area contributed by atoms with E-state index in [9.17, 15) is 4.39 Å². The number of halogens is 1. The van der Waals surface area contributed by atoms with Crippen LogP contribution < -0.4 is 9.80 Å². The zero-order chi connectivity index (χ0) is 17.7. The van der Waals surface area contributed by atoms with Crippen LogP contribution in [0, 0.1) is 19.7 Å². The van der Waals surface area contributed by atoms with Crippen LogP contribution >= 0.6 is 0 Å². The largest absolute Gasteiger partial charge is 0.352 e. The SMILES string of the molecule is Cc1ncnc(N2CC3CC(C2)N3c2ncnc(C(C)C)c2F)c1C. The summed E-state index contributed by atoms with van der Waals surface area (Å²) in [5.41, 5.74) is 2.62. The van der Waals surface area contributed by atoms with Gasteiger partial charge in [0.2, 0.25) is 0 Å². The van der Waals surface area contributed by atoms with Gasteiger partial charge in [-0.05, 0) is 26.2 Å². The standard InChI is InChI=1S/C18H23FN6/c1-10(2)16-15(19)18(23-9-21-16)25-13-5-14(25)7-24(6-13)17-11(3)12(4)20-8-22-17/h8-10,13-14H,5-7H2,1-4H3. The van der Waals surface area contributed by atoms with Gasteiger partial charge in [-0.1, -0.05) is 13.8 Å². The summed E-state index contributed by atoms with van der Waals surface area (Å²) in [5.74, 6) is 1.23. The van der Waals surface area contributed by atoms with Crippen molar-refractivity contribution < 1.29 is 4.39 Å². The third-order valence-electron chi connectivity index (χ3n) is 5.39. The van der Waals surface area contributed by atoms with Crippen molar-refractivity contribution in [2.75, 3.05) is 22.9 Å². The highest BCUT2D eigenvalue weighted by Gasteiger charge is 2.47. The van der Waals surface area contributed by atoms with Gasteiger partial charge in [0.1, 0.15) is 18.5 Å². The molecule has 6 nitrogen and oxygen atoms in total. The highest BCUT2D eigenvalue weighted by molar-refractivity contribution is 5.55. The van der Waals surface area contributed by atoms with E-state index in [4.69, 9.17) is 0 Å². The fourth-order valence-corrected chi connectivity index (χ4v) is 3.93. The Kier molecular flexibility index (Phi) is 3.81. The number of hydrogen-bond acceptors (Lipinski definition) is 6. The van der Waals surface area contributed by atoms with Crippen molar-refractivity contribution in [2.24, 2.45) is 0 Å². The van der Waals surface area contributed by atoms with Crippen LogP contribution in [0.5, 0.6) is 0 Å². The molecule has 0 aliphatic carbocycles. The average molecular weight is 342 g/mol. The topological polar surface area (TPSA) is 58.0 Å². The normalized spacial score (nSPS) is 22.3. The van der Waals surface area contributed by atoms with E-state index in [0.717, 1.165) is 36.6 Å². The van der Waals surface area contributed by atoms with Crippen LogP contribution in [-0.2, 0) is 0 Å². The number of rotatable bonds is 3. The lowest BCUT2D eigenvalue weighted by atomic mass is 9.87. The third-order valence-corrected chi connectivity index (χ3v) is 5.39. The van der Waals surface area contributed by atoms with Gasteiger partial charge in [0.15, 0.2) is 11.6 Å². The number of fused-ring (bicyclic) bond motifs is 2. The fraction of sp³-hybridized carbons (Fsp3) is 0.556. The highest BCUT2D eigenvalue weighted by Crippen LogP contribution is 2.39. The number of nitrogens with zero attached hydrogens (tertiary/aromatic N) is 6. The van der Waals surface area contributed by atoms with E-state index in [1.807, 2.05) is 20.8 Å². The van der Waals surface area contributed by atoms with Crippen molar-refractivity contribution in [3.05, 3.63) is 35.4 Å². The Morgan fingerprint density at radius 2 is 1.64 bits per heavy atom. The molecular formula is C18H23FN6. The number of anilines is 2. The lowest BCUT2D eigenvalue weighted by Gasteiger charge is -2.57. The van der Waals surface area contributed by atoms with Gasteiger partial charge >= 0.3 is 0 Å². The van der Waals surface area contributed by atoms with Crippen LogP contribution in [0.15, 0.2) is 12.7 Å². The second kappa shape index (κ2) is 5.89. The Morgan fingerprint density at radius 1 is 1.00 bits per heavy atom. The number of piperazine rings is 1. The van der Waals surface area contributed by atoms with Crippen molar-refractivity contribution in [1.82, 2.24) is 19.9 Å². The van der Waals surface area contributed by atoms with Gasteiger partial charge in [-0.25, -0.2) is 24.3 Å². The van der Waals surface area contributed by atoms with Crippen molar-refractivity contribution in [2.45, 2.75) is 52.1 Å². The second-order valence-corrected chi connectivity index (χ2v) is 7.31. The molecule has 0 radical (unpaired) electrons. The molecule has 3 saturated heterocycles. The second-order valence-electron chi connectivity index (χ2n) is 7.31. The predicted molar refractivity (Wildman–Crippen MR) is 94.5 cm³/mol. The number of hydrogen-bond donors (Lipinski definition) is 0. The molecule has 2 bridgehead atoms. The first-order valence-corrected chi connectivity index (χ1v) is 8.79. The van der Waals surface area contributed by atoms with Crippen LogP contribution in [-0.4, -0.2) is 45.1 Å². The first-order chi connectivity index (χ1) is 12.0.